The fraction of sp³-hybridized carbons (Fsp3) is 0.143. The van der Waals surface area contributed by atoms with Gasteiger partial charge < -0.3 is 5.32 Å². The first-order chi connectivity index (χ1) is 15.0. The monoisotopic (exact) mass is 451 g/mol. The molecule has 31 heavy (non-hydrogen) atoms. The number of hydrogen-bond donors (Lipinski definition) is 1. The molecule has 0 saturated carbocycles. The maximum Gasteiger partial charge on any atom is 0.352 e. The van der Waals surface area contributed by atoms with Crippen molar-refractivity contribution in [2.45, 2.75) is 20.0 Å². The Kier molecular flexibility index (Phi) is 4.79. The summed E-state index contributed by atoms with van der Waals surface area (Å²) >= 11 is 2.81. The third kappa shape index (κ3) is 3.49. The van der Waals surface area contributed by atoms with E-state index in [2.05, 4.69) is 10.4 Å². The lowest BCUT2D eigenvalue weighted by Crippen LogP contribution is -2.29. The van der Waals surface area contributed by atoms with Gasteiger partial charge in [-0.05, 0) is 41.9 Å². The van der Waals surface area contributed by atoms with Crippen molar-refractivity contribution in [3.63, 3.8) is 0 Å². The van der Waals surface area contributed by atoms with E-state index in [9.17, 15) is 14.4 Å². The van der Waals surface area contributed by atoms with Gasteiger partial charge in [-0.1, -0.05) is 23.8 Å². The van der Waals surface area contributed by atoms with E-state index in [4.69, 9.17) is 0 Å². The van der Waals surface area contributed by atoms with Crippen LogP contribution in [0, 0.1) is 6.92 Å². The van der Waals surface area contributed by atoms with E-state index in [1.165, 1.54) is 31.6 Å². The zero-order valence-corrected chi connectivity index (χ0v) is 18.1. The average molecular weight is 452 g/mol. The molecule has 156 valence electrons. The molecule has 0 unspecified atom stereocenters. The Bertz CT molecular complexity index is 1520. The van der Waals surface area contributed by atoms with E-state index in [1.54, 1.807) is 23.6 Å². The number of nitrogens with one attached hydrogen (secondary N) is 1. The van der Waals surface area contributed by atoms with Crippen molar-refractivity contribution in [3.05, 3.63) is 84.5 Å². The molecule has 0 radical (unpaired) electrons. The Morgan fingerprint density at radius 3 is 2.61 bits per heavy atom. The minimum Gasteiger partial charge on any atom is -0.324 e. The highest BCUT2D eigenvalue weighted by atomic mass is 32.1. The van der Waals surface area contributed by atoms with Gasteiger partial charge in [-0.2, -0.15) is 0 Å². The van der Waals surface area contributed by atoms with Crippen molar-refractivity contribution in [1.82, 2.24) is 18.7 Å². The molecular weight excluding hydrogens is 434 g/mol. The van der Waals surface area contributed by atoms with Crippen LogP contribution in [0.25, 0.3) is 16.0 Å². The first kappa shape index (κ1) is 19.5. The van der Waals surface area contributed by atoms with Gasteiger partial charge in [-0.25, -0.2) is 13.9 Å². The van der Waals surface area contributed by atoms with Crippen LogP contribution in [0.2, 0.25) is 0 Å². The van der Waals surface area contributed by atoms with Crippen LogP contribution < -0.4 is 16.6 Å². The summed E-state index contributed by atoms with van der Waals surface area (Å²) in [5.41, 5.74) is 1.56. The summed E-state index contributed by atoms with van der Waals surface area (Å²) in [6, 6.07) is 12.9. The van der Waals surface area contributed by atoms with Crippen molar-refractivity contribution in [3.8, 4) is 0 Å². The van der Waals surface area contributed by atoms with Gasteiger partial charge >= 0.3 is 5.69 Å². The summed E-state index contributed by atoms with van der Waals surface area (Å²) in [6.45, 7) is 2.01. The van der Waals surface area contributed by atoms with Gasteiger partial charge in [-0.3, -0.25) is 14.2 Å². The molecule has 4 aromatic heterocycles. The van der Waals surface area contributed by atoms with Crippen molar-refractivity contribution in [1.29, 1.82) is 0 Å². The summed E-state index contributed by atoms with van der Waals surface area (Å²) in [6.07, 6.45) is 0. The van der Waals surface area contributed by atoms with Crippen LogP contribution in [-0.4, -0.2) is 24.7 Å². The molecule has 0 aliphatic heterocycles. The molecule has 1 N–H and O–H groups in total. The van der Waals surface area contributed by atoms with Gasteiger partial charge in [0.1, 0.15) is 11.2 Å². The molecule has 10 heteroatoms. The van der Waals surface area contributed by atoms with E-state index < -0.39 is 5.69 Å². The molecule has 0 saturated heterocycles. The lowest BCUT2D eigenvalue weighted by Gasteiger charge is -2.06. The fourth-order valence-electron chi connectivity index (χ4n) is 3.41. The SMILES string of the molecule is Cc1ccc(NC(=O)Cn2nc3n(Cc4cccs4)c(=O)c4sccc4n3c2=O)cc1. The predicted octanol–water partition coefficient (Wildman–Crippen LogP) is 2.93. The number of thiophene rings is 2. The largest absolute Gasteiger partial charge is 0.352 e. The van der Waals surface area contributed by atoms with Crippen LogP contribution >= 0.6 is 22.7 Å². The number of aromatic nitrogens is 4. The van der Waals surface area contributed by atoms with E-state index in [0.29, 0.717) is 22.4 Å². The second kappa shape index (κ2) is 7.64. The maximum absolute atomic E-state index is 13.1. The molecule has 8 nitrogen and oxygen atoms in total. The quantitative estimate of drug-likeness (QED) is 0.445. The zero-order valence-electron chi connectivity index (χ0n) is 16.4. The molecule has 1 aromatic carbocycles. The Labute approximate surface area is 183 Å². The normalized spacial score (nSPS) is 11.4. The second-order valence-electron chi connectivity index (χ2n) is 7.10. The van der Waals surface area contributed by atoms with Gasteiger partial charge in [0.15, 0.2) is 0 Å². The standard InChI is InChI=1S/C21H17N5O3S2/c1-13-4-6-14(7-5-13)22-17(27)12-25-21(29)26-16-8-10-31-18(16)19(28)24(20(26)23-25)11-15-3-2-9-30-15/h2-10H,11-12H2,1H3,(H,22,27). The smallest absolute Gasteiger partial charge is 0.324 e. The average Bonchev–Trinajstić information content (AvgIpc) is 3.48. The highest BCUT2D eigenvalue weighted by molar-refractivity contribution is 7.17. The minimum atomic E-state index is -0.461. The fourth-order valence-corrected chi connectivity index (χ4v) is 4.93. The minimum absolute atomic E-state index is 0.202. The number of nitrogens with zero attached hydrogens (tertiary/aromatic N) is 4. The first-order valence-electron chi connectivity index (χ1n) is 9.50. The molecule has 0 fully saturated rings. The molecule has 4 heterocycles. The third-order valence-corrected chi connectivity index (χ3v) is 6.66. The lowest BCUT2D eigenvalue weighted by molar-refractivity contribution is -0.117. The molecule has 1 amide bonds. The number of hydrogen-bond acceptors (Lipinski definition) is 6. The topological polar surface area (TPSA) is 90.4 Å². The summed E-state index contributed by atoms with van der Waals surface area (Å²) in [7, 11) is 0. The van der Waals surface area contributed by atoms with Gasteiger partial charge in [0.05, 0.1) is 12.1 Å². The molecule has 0 spiro atoms. The number of rotatable bonds is 5. The van der Waals surface area contributed by atoms with E-state index >= 15 is 0 Å². The molecule has 0 bridgehead atoms. The van der Waals surface area contributed by atoms with E-state index in [-0.39, 0.29) is 23.8 Å². The van der Waals surface area contributed by atoms with Gasteiger partial charge in [0.25, 0.3) is 5.56 Å². The first-order valence-corrected chi connectivity index (χ1v) is 11.3. The van der Waals surface area contributed by atoms with Crippen LogP contribution in [0.1, 0.15) is 10.4 Å². The van der Waals surface area contributed by atoms with Crippen LogP contribution in [0.5, 0.6) is 0 Å². The molecule has 0 atom stereocenters. The second-order valence-corrected chi connectivity index (χ2v) is 9.04. The Hall–Kier alpha value is -3.50. The van der Waals surface area contributed by atoms with Crippen molar-refractivity contribution in [2.24, 2.45) is 0 Å². The highest BCUT2D eigenvalue weighted by Gasteiger charge is 2.20. The number of carbonyl (C=O) groups is 1. The molecular formula is C21H17N5O3S2. The summed E-state index contributed by atoms with van der Waals surface area (Å²) in [4.78, 5) is 39.7. The number of anilines is 1. The number of aryl methyl sites for hydroxylation is 1. The maximum atomic E-state index is 13.1. The Balaban J connectivity index is 1.57. The zero-order chi connectivity index (χ0) is 21.5. The van der Waals surface area contributed by atoms with Crippen molar-refractivity contribution < 1.29 is 4.79 Å². The molecule has 5 rings (SSSR count). The van der Waals surface area contributed by atoms with Crippen molar-refractivity contribution >= 4 is 50.3 Å². The van der Waals surface area contributed by atoms with Gasteiger partial charge in [0.2, 0.25) is 11.7 Å². The van der Waals surface area contributed by atoms with Crippen LogP contribution in [0.3, 0.4) is 0 Å². The Morgan fingerprint density at radius 2 is 1.87 bits per heavy atom. The molecule has 0 aliphatic rings. The van der Waals surface area contributed by atoms with Gasteiger partial charge in [-0.15, -0.1) is 27.8 Å². The molecule has 0 aliphatic carbocycles. The van der Waals surface area contributed by atoms with Crippen LogP contribution in [-0.2, 0) is 17.9 Å². The van der Waals surface area contributed by atoms with Crippen molar-refractivity contribution in [2.75, 3.05) is 5.32 Å². The summed E-state index contributed by atoms with van der Waals surface area (Å²) in [5, 5.41) is 10.8. The summed E-state index contributed by atoms with van der Waals surface area (Å²) < 4.78 is 4.47. The van der Waals surface area contributed by atoms with E-state index in [0.717, 1.165) is 15.1 Å². The number of fused-ring (bicyclic) bond motifs is 3. The number of carbonyl (C=O) groups excluding carboxylic acids is 1. The predicted molar refractivity (Wildman–Crippen MR) is 122 cm³/mol. The highest BCUT2D eigenvalue weighted by Crippen LogP contribution is 2.19. The van der Waals surface area contributed by atoms with E-state index in [1.807, 2.05) is 36.6 Å². The Morgan fingerprint density at radius 1 is 1.06 bits per heavy atom. The number of benzene rings is 1. The van der Waals surface area contributed by atoms with Crippen LogP contribution in [0.4, 0.5) is 5.69 Å². The van der Waals surface area contributed by atoms with Gasteiger partial charge in [0, 0.05) is 10.6 Å². The molecule has 5 aromatic rings. The summed E-state index contributed by atoms with van der Waals surface area (Å²) in [5.74, 6) is -0.152. The van der Waals surface area contributed by atoms with Crippen LogP contribution in [0.15, 0.2) is 62.8 Å². The number of amides is 1. The third-order valence-electron chi connectivity index (χ3n) is 4.91. The lowest BCUT2D eigenvalue weighted by atomic mass is 10.2.